The number of carbonyl (C=O) groups excluding carboxylic acids is 1. The fourth-order valence-corrected chi connectivity index (χ4v) is 6.57. The van der Waals surface area contributed by atoms with Crippen LogP contribution in [0.25, 0.3) is 11.7 Å². The number of anilines is 1. The van der Waals surface area contributed by atoms with Crippen molar-refractivity contribution in [2.75, 3.05) is 36.3 Å². The van der Waals surface area contributed by atoms with E-state index in [9.17, 15) is 9.59 Å². The second kappa shape index (κ2) is 9.45. The molecule has 3 aliphatic rings. The third-order valence-electron chi connectivity index (χ3n) is 6.30. The summed E-state index contributed by atoms with van der Waals surface area (Å²) in [6, 6.07) is 9.36. The molecule has 0 spiro atoms. The summed E-state index contributed by atoms with van der Waals surface area (Å²) in [5.74, 6) is 3.67. The van der Waals surface area contributed by atoms with E-state index in [4.69, 9.17) is 26.7 Å². The largest absolute Gasteiger partial charge is 0.454 e. The Bertz CT molecular complexity index is 1500. The molecule has 11 heteroatoms. The number of aromatic nitrogens is 2. The third kappa shape index (κ3) is 4.14. The first-order valence-corrected chi connectivity index (χ1v) is 13.9. The minimum absolute atomic E-state index is 0.190. The highest BCUT2D eigenvalue weighted by atomic mass is 32.2. The molecule has 6 rings (SSSR count). The monoisotopic (exact) mass is 538 g/mol. The maximum Gasteiger partial charge on any atom is 0.267 e. The van der Waals surface area contributed by atoms with Crippen LogP contribution in [0.4, 0.5) is 5.82 Å². The maximum absolute atomic E-state index is 13.7. The molecular formula is C25H22N4O4S3. The Hall–Kier alpha value is -3.02. The van der Waals surface area contributed by atoms with E-state index in [1.54, 1.807) is 21.6 Å². The number of thiocarbonyl (C=S) groups is 1. The average Bonchev–Trinajstić information content (AvgIpc) is 3.46. The van der Waals surface area contributed by atoms with Crippen molar-refractivity contribution in [3.8, 4) is 11.5 Å². The molecule has 0 N–H and O–H groups in total. The van der Waals surface area contributed by atoms with E-state index in [1.807, 2.05) is 49.0 Å². The molecule has 1 amide bonds. The van der Waals surface area contributed by atoms with Crippen molar-refractivity contribution in [1.29, 1.82) is 0 Å². The van der Waals surface area contributed by atoms with Crippen LogP contribution >= 0.6 is 35.7 Å². The van der Waals surface area contributed by atoms with Gasteiger partial charge in [0.2, 0.25) is 6.79 Å². The van der Waals surface area contributed by atoms with Gasteiger partial charge in [-0.3, -0.25) is 18.9 Å². The van der Waals surface area contributed by atoms with Crippen LogP contribution in [-0.4, -0.2) is 55.9 Å². The number of rotatable bonds is 4. The van der Waals surface area contributed by atoms with Gasteiger partial charge in [0.05, 0.1) is 17.0 Å². The van der Waals surface area contributed by atoms with Crippen LogP contribution < -0.4 is 19.9 Å². The molecule has 2 fully saturated rings. The van der Waals surface area contributed by atoms with Gasteiger partial charge in [-0.15, -0.1) is 0 Å². The van der Waals surface area contributed by atoms with Crippen LogP contribution in [0.3, 0.4) is 0 Å². The number of fused-ring (bicyclic) bond motifs is 2. The first-order chi connectivity index (χ1) is 17.5. The Morgan fingerprint density at radius 2 is 1.94 bits per heavy atom. The van der Waals surface area contributed by atoms with E-state index in [-0.39, 0.29) is 18.3 Å². The number of nitrogens with zero attached hydrogens (tertiary/aromatic N) is 4. The summed E-state index contributed by atoms with van der Waals surface area (Å²) < 4.78 is 12.8. The lowest BCUT2D eigenvalue weighted by Gasteiger charge is -2.29. The molecule has 184 valence electrons. The van der Waals surface area contributed by atoms with Crippen molar-refractivity contribution in [3.63, 3.8) is 0 Å². The van der Waals surface area contributed by atoms with Gasteiger partial charge in [0.15, 0.2) is 11.5 Å². The number of hydrogen-bond donors (Lipinski definition) is 0. The number of aryl methyl sites for hydroxylation is 1. The first-order valence-electron chi connectivity index (χ1n) is 11.5. The molecule has 0 bridgehead atoms. The Labute approximate surface area is 221 Å². The van der Waals surface area contributed by atoms with Gasteiger partial charge in [-0.05, 0) is 42.3 Å². The molecule has 2 saturated heterocycles. The van der Waals surface area contributed by atoms with Gasteiger partial charge in [0.1, 0.15) is 15.8 Å². The molecule has 3 aromatic rings. The van der Waals surface area contributed by atoms with Crippen molar-refractivity contribution >= 4 is 63.5 Å². The molecule has 3 aliphatic heterocycles. The van der Waals surface area contributed by atoms with E-state index in [1.165, 1.54) is 11.8 Å². The number of amides is 1. The third-order valence-corrected chi connectivity index (χ3v) is 8.62. The first kappa shape index (κ1) is 23.4. The molecule has 0 atom stereocenters. The molecule has 0 saturated carbocycles. The van der Waals surface area contributed by atoms with Crippen molar-refractivity contribution < 1.29 is 14.3 Å². The van der Waals surface area contributed by atoms with Crippen LogP contribution in [0.2, 0.25) is 0 Å². The number of pyridine rings is 1. The lowest BCUT2D eigenvalue weighted by Crippen LogP contribution is -2.36. The lowest BCUT2D eigenvalue weighted by atomic mass is 10.2. The summed E-state index contributed by atoms with van der Waals surface area (Å²) >= 11 is 8.65. The summed E-state index contributed by atoms with van der Waals surface area (Å²) in [4.78, 5) is 36.1. The predicted octanol–water partition coefficient (Wildman–Crippen LogP) is 3.69. The van der Waals surface area contributed by atoms with Crippen molar-refractivity contribution in [3.05, 3.63) is 68.5 Å². The zero-order valence-corrected chi connectivity index (χ0v) is 21.9. The normalized spacial score (nSPS) is 18.6. The van der Waals surface area contributed by atoms with Gasteiger partial charge >= 0.3 is 0 Å². The molecule has 1 aromatic carbocycles. The van der Waals surface area contributed by atoms with Crippen LogP contribution in [0, 0.1) is 6.92 Å². The van der Waals surface area contributed by atoms with Crippen LogP contribution in [0.15, 0.2) is 46.2 Å². The van der Waals surface area contributed by atoms with Crippen molar-refractivity contribution in [2.45, 2.75) is 13.5 Å². The number of hydrogen-bond acceptors (Lipinski definition) is 9. The Morgan fingerprint density at radius 3 is 2.78 bits per heavy atom. The minimum atomic E-state index is -0.225. The van der Waals surface area contributed by atoms with E-state index in [0.717, 1.165) is 35.7 Å². The van der Waals surface area contributed by atoms with Gasteiger partial charge in [-0.2, -0.15) is 11.8 Å². The Balaban J connectivity index is 1.38. The summed E-state index contributed by atoms with van der Waals surface area (Å²) in [6.45, 7) is 4.03. The van der Waals surface area contributed by atoms with E-state index >= 15 is 0 Å². The number of benzene rings is 1. The molecule has 0 aliphatic carbocycles. The molecule has 0 radical (unpaired) electrons. The van der Waals surface area contributed by atoms with Crippen LogP contribution in [0.1, 0.15) is 16.7 Å². The molecule has 8 nitrogen and oxygen atoms in total. The fourth-order valence-electron chi connectivity index (χ4n) is 4.43. The summed E-state index contributed by atoms with van der Waals surface area (Å²) in [5, 5.41) is 0. The molecular weight excluding hydrogens is 517 g/mol. The summed E-state index contributed by atoms with van der Waals surface area (Å²) in [7, 11) is 0. The minimum Gasteiger partial charge on any atom is -0.454 e. The number of ether oxygens (including phenoxy) is 2. The Kier molecular flexibility index (Phi) is 6.14. The van der Waals surface area contributed by atoms with Gasteiger partial charge in [-0.25, -0.2) is 4.98 Å². The zero-order chi connectivity index (χ0) is 24.8. The Morgan fingerprint density at radius 1 is 1.14 bits per heavy atom. The van der Waals surface area contributed by atoms with Crippen molar-refractivity contribution in [1.82, 2.24) is 14.3 Å². The summed E-state index contributed by atoms with van der Waals surface area (Å²) in [5.41, 5.74) is 2.64. The quantitative estimate of drug-likeness (QED) is 0.365. The van der Waals surface area contributed by atoms with Crippen molar-refractivity contribution in [2.24, 2.45) is 0 Å². The highest BCUT2D eigenvalue weighted by Gasteiger charge is 2.33. The molecule has 0 unspecified atom stereocenters. The van der Waals surface area contributed by atoms with Gasteiger partial charge in [0.25, 0.3) is 11.5 Å². The smallest absolute Gasteiger partial charge is 0.267 e. The molecule has 5 heterocycles. The predicted molar refractivity (Wildman–Crippen MR) is 147 cm³/mol. The van der Waals surface area contributed by atoms with E-state index < -0.39 is 0 Å². The second-order valence-electron chi connectivity index (χ2n) is 8.59. The SMILES string of the molecule is Cc1cccn2c(=O)c(/C=C3\SC(=S)N(Cc4ccc5c(c4)OCO5)C3=O)c(N3CCSCC3)nc12. The number of thioether (sulfide) groups is 2. The molecule has 36 heavy (non-hydrogen) atoms. The molecule has 2 aromatic heterocycles. The highest BCUT2D eigenvalue weighted by molar-refractivity contribution is 8.26. The van der Waals surface area contributed by atoms with Gasteiger partial charge < -0.3 is 14.4 Å². The van der Waals surface area contributed by atoms with Gasteiger partial charge in [-0.1, -0.05) is 36.1 Å². The fraction of sp³-hybridized carbons (Fsp3) is 0.280. The standard InChI is InChI=1S/C25H22N4O4S3/c1-15-3-2-6-28-21(15)26-22(27-7-9-35-10-8-27)17(23(28)30)12-20-24(31)29(25(34)36-20)13-16-4-5-18-19(11-16)33-14-32-18/h2-6,11-12H,7-10,13-14H2,1H3/b20-12-. The van der Waals surface area contributed by atoms with Gasteiger partial charge in [0, 0.05) is 30.8 Å². The van der Waals surface area contributed by atoms with Crippen LogP contribution in [-0.2, 0) is 11.3 Å². The summed E-state index contributed by atoms with van der Waals surface area (Å²) in [6.07, 6.45) is 3.38. The van der Waals surface area contributed by atoms with Crippen LogP contribution in [0.5, 0.6) is 11.5 Å². The van der Waals surface area contributed by atoms with E-state index in [2.05, 4.69) is 4.90 Å². The topological polar surface area (TPSA) is 76.4 Å². The number of carbonyl (C=O) groups is 1. The highest BCUT2D eigenvalue weighted by Crippen LogP contribution is 2.37. The second-order valence-corrected chi connectivity index (χ2v) is 11.5. The maximum atomic E-state index is 13.7. The lowest BCUT2D eigenvalue weighted by molar-refractivity contribution is -0.122. The van der Waals surface area contributed by atoms with E-state index in [0.29, 0.717) is 44.3 Å². The average molecular weight is 539 g/mol. The zero-order valence-electron chi connectivity index (χ0n) is 19.4.